The topological polar surface area (TPSA) is 115 Å². The second-order valence-electron chi connectivity index (χ2n) is 12.4. The predicted octanol–water partition coefficient (Wildman–Crippen LogP) is 5.12. The molecule has 2 aliphatic heterocycles. The molecule has 4 atom stereocenters. The van der Waals surface area contributed by atoms with E-state index in [1.807, 2.05) is 59.3 Å². The Hall–Kier alpha value is -4.02. The number of hydrogen-bond donors (Lipinski definition) is 0. The van der Waals surface area contributed by atoms with Crippen molar-refractivity contribution in [2.75, 3.05) is 33.4 Å². The lowest BCUT2D eigenvalue weighted by Crippen LogP contribution is -2.75. The van der Waals surface area contributed by atoms with E-state index in [9.17, 15) is 9.59 Å². The summed E-state index contributed by atoms with van der Waals surface area (Å²) in [5, 5.41) is 0. The summed E-state index contributed by atoms with van der Waals surface area (Å²) in [6, 6.07) is 14.9. The van der Waals surface area contributed by atoms with Gasteiger partial charge in [-0.25, -0.2) is 0 Å². The Labute approximate surface area is 271 Å². The number of likely N-dealkylation sites (tertiary alicyclic amines) is 2. The number of fused-ring (bicyclic) bond motifs is 2. The third kappa shape index (κ3) is 6.33. The van der Waals surface area contributed by atoms with Gasteiger partial charge in [-0.2, -0.15) is 0 Å². The van der Waals surface area contributed by atoms with Crippen LogP contribution >= 0.6 is 0 Å². The van der Waals surface area contributed by atoms with Crippen molar-refractivity contribution in [2.45, 2.75) is 71.0 Å². The first-order valence-corrected chi connectivity index (χ1v) is 16.5. The van der Waals surface area contributed by atoms with Crippen molar-refractivity contribution in [1.29, 1.82) is 0 Å². The molecule has 0 aliphatic carbocycles. The average molecular weight is 628 g/mol. The first-order chi connectivity index (χ1) is 22.4. The Balaban J connectivity index is 1.72. The SMILES string of the molecule is CCCCCOC(=O)C12CN(Cc3ccccn3)CC(C(=O)OCCCCC)(C1=O)C(c1ccccn1)N(C)C2c1ccccn1. The van der Waals surface area contributed by atoms with Crippen molar-refractivity contribution in [3.8, 4) is 0 Å². The van der Waals surface area contributed by atoms with Crippen LogP contribution in [-0.2, 0) is 30.4 Å². The van der Waals surface area contributed by atoms with E-state index >= 15 is 4.79 Å². The molecular formula is C36H45N5O5. The van der Waals surface area contributed by atoms with Crippen LogP contribution in [0.15, 0.2) is 73.2 Å². The highest BCUT2D eigenvalue weighted by Gasteiger charge is 2.75. The van der Waals surface area contributed by atoms with Gasteiger partial charge < -0.3 is 9.47 Å². The van der Waals surface area contributed by atoms with Gasteiger partial charge >= 0.3 is 11.9 Å². The fraction of sp³-hybridized carbons (Fsp3) is 0.500. The van der Waals surface area contributed by atoms with Gasteiger partial charge in [-0.15, -0.1) is 0 Å². The molecule has 2 saturated heterocycles. The van der Waals surface area contributed by atoms with E-state index in [0.29, 0.717) is 30.8 Å². The molecular weight excluding hydrogens is 582 g/mol. The Morgan fingerprint density at radius 1 is 0.739 bits per heavy atom. The van der Waals surface area contributed by atoms with E-state index in [0.717, 1.165) is 31.4 Å². The Morgan fingerprint density at radius 2 is 1.22 bits per heavy atom. The smallest absolute Gasteiger partial charge is 0.323 e. The number of carbonyl (C=O) groups excluding carboxylic acids is 3. The minimum atomic E-state index is -1.78. The molecule has 46 heavy (non-hydrogen) atoms. The Morgan fingerprint density at radius 3 is 1.63 bits per heavy atom. The monoisotopic (exact) mass is 627 g/mol. The second-order valence-corrected chi connectivity index (χ2v) is 12.4. The van der Waals surface area contributed by atoms with Crippen LogP contribution in [0.2, 0.25) is 0 Å². The summed E-state index contributed by atoms with van der Waals surface area (Å²) in [4.78, 5) is 62.6. The highest BCUT2D eigenvalue weighted by molar-refractivity contribution is 6.17. The average Bonchev–Trinajstić information content (AvgIpc) is 3.07. The lowest BCUT2D eigenvalue weighted by molar-refractivity contribution is -0.206. The fourth-order valence-corrected chi connectivity index (χ4v) is 7.23. The third-order valence-electron chi connectivity index (χ3n) is 9.24. The number of ketones is 1. The molecule has 3 aromatic rings. The highest BCUT2D eigenvalue weighted by Crippen LogP contribution is 2.60. The quantitative estimate of drug-likeness (QED) is 0.135. The van der Waals surface area contributed by atoms with E-state index in [4.69, 9.17) is 9.47 Å². The van der Waals surface area contributed by atoms with E-state index in [-0.39, 0.29) is 26.3 Å². The molecule has 3 aromatic heterocycles. The number of Topliss-reactive ketones (excluding diaryl/α,β-unsaturated/α-hetero) is 1. The Bertz CT molecular complexity index is 1370. The zero-order valence-corrected chi connectivity index (χ0v) is 27.1. The van der Waals surface area contributed by atoms with Crippen molar-refractivity contribution >= 4 is 17.7 Å². The number of esters is 2. The highest BCUT2D eigenvalue weighted by atomic mass is 16.5. The molecule has 0 radical (unpaired) electrons. The van der Waals surface area contributed by atoms with Crippen LogP contribution in [0.25, 0.3) is 0 Å². The largest absolute Gasteiger partial charge is 0.465 e. The summed E-state index contributed by atoms with van der Waals surface area (Å²) < 4.78 is 12.0. The third-order valence-corrected chi connectivity index (χ3v) is 9.24. The maximum Gasteiger partial charge on any atom is 0.323 e. The number of piperidine rings is 2. The number of unbranched alkanes of at least 4 members (excludes halogenated alkanes) is 4. The number of carbonyl (C=O) groups is 3. The van der Waals surface area contributed by atoms with Crippen molar-refractivity contribution < 1.29 is 23.9 Å². The molecule has 0 saturated carbocycles. The number of pyridine rings is 3. The maximum atomic E-state index is 15.5. The molecule has 4 unspecified atom stereocenters. The lowest BCUT2D eigenvalue weighted by Gasteiger charge is -2.60. The molecule has 2 aliphatic rings. The van der Waals surface area contributed by atoms with Crippen molar-refractivity contribution in [2.24, 2.45) is 10.8 Å². The molecule has 5 heterocycles. The number of nitrogens with zero attached hydrogens (tertiary/aromatic N) is 5. The van der Waals surface area contributed by atoms with Gasteiger partial charge in [0.05, 0.1) is 42.4 Å². The second kappa shape index (κ2) is 15.0. The van der Waals surface area contributed by atoms with Crippen LogP contribution in [0, 0.1) is 10.8 Å². The Kier molecular flexibility index (Phi) is 10.9. The molecule has 0 N–H and O–H groups in total. The molecule has 2 fully saturated rings. The standard InChI is InChI=1S/C36H45N5O5/c1-4-6-14-22-45-33(43)35-25-41(24-27-16-8-11-19-37-27)26-36(32(35)42,34(44)46-23-15-7-5-2)31(29-18-10-13-21-39-29)40(3)30(35)28-17-9-12-20-38-28/h8-13,16-21,30-31H,4-7,14-15,22-26H2,1-3H3. The van der Waals surface area contributed by atoms with E-state index < -0.39 is 40.6 Å². The van der Waals surface area contributed by atoms with Gasteiger partial charge in [-0.05, 0) is 56.3 Å². The molecule has 10 heteroatoms. The van der Waals surface area contributed by atoms with Crippen molar-refractivity contribution in [3.63, 3.8) is 0 Å². The molecule has 2 bridgehead atoms. The summed E-state index contributed by atoms with van der Waals surface area (Å²) in [7, 11) is 1.85. The molecule has 244 valence electrons. The van der Waals surface area contributed by atoms with Crippen LogP contribution in [0.4, 0.5) is 0 Å². The number of aromatic nitrogens is 3. The minimum Gasteiger partial charge on any atom is -0.465 e. The van der Waals surface area contributed by atoms with Gasteiger partial charge in [-0.1, -0.05) is 57.7 Å². The van der Waals surface area contributed by atoms with Crippen LogP contribution < -0.4 is 0 Å². The summed E-state index contributed by atoms with van der Waals surface area (Å²) in [5.74, 6) is -1.79. The van der Waals surface area contributed by atoms with E-state index in [1.165, 1.54) is 0 Å². The summed E-state index contributed by atoms with van der Waals surface area (Å²) in [6.07, 6.45) is 10.1. The van der Waals surface area contributed by atoms with Crippen molar-refractivity contribution in [1.82, 2.24) is 24.8 Å². The normalized spacial score (nSPS) is 24.8. The zero-order valence-electron chi connectivity index (χ0n) is 27.1. The van der Waals surface area contributed by atoms with E-state index in [1.54, 1.807) is 30.7 Å². The molecule has 0 amide bonds. The van der Waals surface area contributed by atoms with Crippen LogP contribution in [0.5, 0.6) is 0 Å². The summed E-state index contributed by atoms with van der Waals surface area (Å²) >= 11 is 0. The van der Waals surface area contributed by atoms with Gasteiger partial charge in [-0.3, -0.25) is 39.1 Å². The van der Waals surface area contributed by atoms with Crippen LogP contribution in [-0.4, -0.2) is 75.8 Å². The molecule has 10 nitrogen and oxygen atoms in total. The molecule has 5 rings (SSSR count). The first-order valence-electron chi connectivity index (χ1n) is 16.5. The van der Waals surface area contributed by atoms with Crippen LogP contribution in [0.3, 0.4) is 0 Å². The fourth-order valence-electron chi connectivity index (χ4n) is 7.23. The number of hydrogen-bond acceptors (Lipinski definition) is 10. The lowest BCUT2D eigenvalue weighted by atomic mass is 9.54. The van der Waals surface area contributed by atoms with Gasteiger partial charge in [0.15, 0.2) is 16.6 Å². The number of ether oxygens (including phenoxy) is 2. The van der Waals surface area contributed by atoms with Crippen LogP contribution in [0.1, 0.15) is 81.5 Å². The molecule has 0 aromatic carbocycles. The van der Waals surface area contributed by atoms with E-state index in [2.05, 4.69) is 28.8 Å². The summed E-state index contributed by atoms with van der Waals surface area (Å²) in [5.41, 5.74) is -1.74. The molecule has 0 spiro atoms. The maximum absolute atomic E-state index is 15.5. The number of rotatable bonds is 14. The zero-order chi connectivity index (χ0) is 32.6. The summed E-state index contributed by atoms with van der Waals surface area (Å²) in [6.45, 7) is 4.88. The van der Waals surface area contributed by atoms with Gasteiger partial charge in [0.1, 0.15) is 0 Å². The van der Waals surface area contributed by atoms with Gasteiger partial charge in [0.25, 0.3) is 0 Å². The minimum absolute atomic E-state index is 0.0282. The van der Waals surface area contributed by atoms with Gasteiger partial charge in [0.2, 0.25) is 0 Å². The predicted molar refractivity (Wildman–Crippen MR) is 172 cm³/mol. The van der Waals surface area contributed by atoms with Crippen molar-refractivity contribution in [3.05, 3.63) is 90.3 Å². The van der Waals surface area contributed by atoms with Gasteiger partial charge in [0, 0.05) is 38.2 Å². The first kappa shape index (κ1) is 33.3.